The number of hydrogen-bond acceptors (Lipinski definition) is 3. The fraction of sp³-hybridized carbons (Fsp3) is 0.417. The number of cyclic esters (lactones) is 1. The summed E-state index contributed by atoms with van der Waals surface area (Å²) < 4.78 is 4.97. The summed E-state index contributed by atoms with van der Waals surface area (Å²) in [6, 6.07) is 5.96. The summed E-state index contributed by atoms with van der Waals surface area (Å²) in [7, 11) is 0. The second-order valence-corrected chi connectivity index (χ2v) is 3.59. The topological polar surface area (TPSA) is 29.5 Å². The molecule has 1 aromatic carbocycles. The summed E-state index contributed by atoms with van der Waals surface area (Å²) in [5.74, 6) is -0.195. The third-order valence-electron chi connectivity index (χ3n) is 2.80. The highest BCUT2D eigenvalue weighted by Crippen LogP contribution is 2.25. The summed E-state index contributed by atoms with van der Waals surface area (Å²) in [6.45, 7) is 6.53. The van der Waals surface area contributed by atoms with Crippen LogP contribution in [0, 0.1) is 0 Å². The summed E-state index contributed by atoms with van der Waals surface area (Å²) in [6.07, 6.45) is 0. The lowest BCUT2D eigenvalue weighted by atomic mass is 10.1. The van der Waals surface area contributed by atoms with Crippen LogP contribution in [-0.2, 0) is 11.3 Å². The maximum absolute atomic E-state index is 11.4. The summed E-state index contributed by atoms with van der Waals surface area (Å²) >= 11 is 0. The number of rotatable bonds is 3. The fourth-order valence-corrected chi connectivity index (χ4v) is 1.89. The Kier molecular flexibility index (Phi) is 2.62. The van der Waals surface area contributed by atoms with Gasteiger partial charge in [-0.05, 0) is 26.0 Å². The predicted octanol–water partition coefficient (Wildman–Crippen LogP) is 2.20. The molecule has 1 aliphatic rings. The number of carbonyl (C=O) groups is 1. The molecule has 0 spiro atoms. The maximum Gasteiger partial charge on any atom is 0.338 e. The van der Waals surface area contributed by atoms with E-state index in [0.717, 1.165) is 29.9 Å². The Bertz CT molecular complexity index is 383. The van der Waals surface area contributed by atoms with Gasteiger partial charge in [0.15, 0.2) is 0 Å². The Labute approximate surface area is 89.7 Å². The van der Waals surface area contributed by atoms with E-state index in [-0.39, 0.29) is 5.97 Å². The molecule has 0 amide bonds. The van der Waals surface area contributed by atoms with Gasteiger partial charge in [-0.1, -0.05) is 6.07 Å². The highest BCUT2D eigenvalue weighted by Gasteiger charge is 2.21. The molecule has 0 bridgehead atoms. The van der Waals surface area contributed by atoms with Gasteiger partial charge in [0.1, 0.15) is 6.61 Å². The number of nitrogens with zero attached hydrogens (tertiary/aromatic N) is 1. The molecule has 15 heavy (non-hydrogen) atoms. The highest BCUT2D eigenvalue weighted by molar-refractivity contribution is 5.94. The first-order chi connectivity index (χ1) is 7.26. The molecule has 0 saturated carbocycles. The Morgan fingerprint density at radius 2 is 2.07 bits per heavy atom. The molecule has 0 unspecified atom stereocenters. The molecule has 0 aliphatic carbocycles. The van der Waals surface area contributed by atoms with Crippen LogP contribution in [0.25, 0.3) is 0 Å². The molecule has 80 valence electrons. The van der Waals surface area contributed by atoms with E-state index >= 15 is 0 Å². The molecule has 0 fully saturated rings. The number of esters is 1. The van der Waals surface area contributed by atoms with E-state index < -0.39 is 0 Å². The van der Waals surface area contributed by atoms with Gasteiger partial charge < -0.3 is 9.64 Å². The van der Waals surface area contributed by atoms with E-state index in [4.69, 9.17) is 4.74 Å². The van der Waals surface area contributed by atoms with E-state index in [1.807, 2.05) is 18.2 Å². The lowest BCUT2D eigenvalue weighted by Gasteiger charge is -2.21. The van der Waals surface area contributed by atoms with Crippen molar-refractivity contribution in [2.75, 3.05) is 18.0 Å². The van der Waals surface area contributed by atoms with Crippen LogP contribution in [0.2, 0.25) is 0 Å². The van der Waals surface area contributed by atoms with E-state index in [1.165, 1.54) is 0 Å². The van der Waals surface area contributed by atoms with E-state index in [9.17, 15) is 4.79 Å². The Hall–Kier alpha value is -1.51. The molecule has 3 heteroatoms. The van der Waals surface area contributed by atoms with Crippen molar-refractivity contribution in [2.24, 2.45) is 0 Å². The standard InChI is InChI=1S/C12H15NO2/c1-3-13(4-2)10-6-5-9-8-15-12(14)11(9)7-10/h5-7H,3-4,8H2,1-2H3. The molecule has 1 aromatic rings. The van der Waals surface area contributed by atoms with Crippen molar-refractivity contribution in [2.45, 2.75) is 20.5 Å². The van der Waals surface area contributed by atoms with Crippen LogP contribution < -0.4 is 4.90 Å². The van der Waals surface area contributed by atoms with Crippen molar-refractivity contribution in [3.8, 4) is 0 Å². The largest absolute Gasteiger partial charge is 0.457 e. The van der Waals surface area contributed by atoms with Gasteiger partial charge in [-0.3, -0.25) is 0 Å². The van der Waals surface area contributed by atoms with E-state index in [0.29, 0.717) is 6.61 Å². The van der Waals surface area contributed by atoms with Gasteiger partial charge in [0.25, 0.3) is 0 Å². The average molecular weight is 205 g/mol. The molecule has 0 saturated heterocycles. The van der Waals surface area contributed by atoms with Crippen LogP contribution in [0.5, 0.6) is 0 Å². The summed E-state index contributed by atoms with van der Waals surface area (Å²) in [5.41, 5.74) is 2.81. The van der Waals surface area contributed by atoms with E-state index in [2.05, 4.69) is 18.7 Å². The zero-order valence-corrected chi connectivity index (χ0v) is 9.12. The maximum atomic E-state index is 11.4. The van der Waals surface area contributed by atoms with Gasteiger partial charge in [0.05, 0.1) is 5.56 Å². The zero-order chi connectivity index (χ0) is 10.8. The second kappa shape index (κ2) is 3.93. The van der Waals surface area contributed by atoms with Crippen LogP contribution in [0.15, 0.2) is 18.2 Å². The summed E-state index contributed by atoms with van der Waals surface area (Å²) in [4.78, 5) is 13.6. The monoisotopic (exact) mass is 205 g/mol. The minimum absolute atomic E-state index is 0.195. The Morgan fingerprint density at radius 3 is 2.73 bits per heavy atom. The van der Waals surface area contributed by atoms with Crippen LogP contribution in [0.1, 0.15) is 29.8 Å². The number of carbonyl (C=O) groups excluding carboxylic acids is 1. The van der Waals surface area contributed by atoms with Crippen LogP contribution in [0.4, 0.5) is 5.69 Å². The Balaban J connectivity index is 2.36. The average Bonchev–Trinajstić information content (AvgIpc) is 2.62. The minimum atomic E-state index is -0.195. The first-order valence-corrected chi connectivity index (χ1v) is 5.31. The molecule has 1 aliphatic heterocycles. The number of anilines is 1. The molecule has 0 atom stereocenters. The molecule has 3 nitrogen and oxygen atoms in total. The molecule has 0 radical (unpaired) electrons. The molecule has 0 N–H and O–H groups in total. The van der Waals surface area contributed by atoms with Gasteiger partial charge in [0, 0.05) is 24.3 Å². The molecular formula is C12H15NO2. The molecule has 0 aromatic heterocycles. The number of fused-ring (bicyclic) bond motifs is 1. The molecular weight excluding hydrogens is 190 g/mol. The lowest BCUT2D eigenvalue weighted by molar-refractivity contribution is 0.0535. The van der Waals surface area contributed by atoms with Crippen LogP contribution >= 0.6 is 0 Å². The van der Waals surface area contributed by atoms with Crippen LogP contribution in [0.3, 0.4) is 0 Å². The van der Waals surface area contributed by atoms with Crippen molar-refractivity contribution in [1.29, 1.82) is 0 Å². The second-order valence-electron chi connectivity index (χ2n) is 3.59. The zero-order valence-electron chi connectivity index (χ0n) is 9.12. The van der Waals surface area contributed by atoms with Gasteiger partial charge in [-0.25, -0.2) is 4.79 Å². The van der Waals surface area contributed by atoms with Crippen molar-refractivity contribution in [3.05, 3.63) is 29.3 Å². The first-order valence-electron chi connectivity index (χ1n) is 5.31. The van der Waals surface area contributed by atoms with Gasteiger partial charge in [-0.15, -0.1) is 0 Å². The number of ether oxygens (including phenoxy) is 1. The third kappa shape index (κ3) is 1.69. The number of benzene rings is 1. The molecule has 2 rings (SSSR count). The minimum Gasteiger partial charge on any atom is -0.457 e. The van der Waals surface area contributed by atoms with Crippen molar-refractivity contribution in [1.82, 2.24) is 0 Å². The van der Waals surface area contributed by atoms with Gasteiger partial charge in [-0.2, -0.15) is 0 Å². The number of hydrogen-bond donors (Lipinski definition) is 0. The lowest BCUT2D eigenvalue weighted by Crippen LogP contribution is -2.21. The normalized spacial score (nSPS) is 13.6. The van der Waals surface area contributed by atoms with Crippen molar-refractivity contribution in [3.63, 3.8) is 0 Å². The first kappa shape index (κ1) is 10.0. The molecule has 1 heterocycles. The van der Waals surface area contributed by atoms with Crippen molar-refractivity contribution < 1.29 is 9.53 Å². The van der Waals surface area contributed by atoms with Gasteiger partial charge in [0.2, 0.25) is 0 Å². The predicted molar refractivity (Wildman–Crippen MR) is 59.1 cm³/mol. The summed E-state index contributed by atoms with van der Waals surface area (Å²) in [5, 5.41) is 0. The quantitative estimate of drug-likeness (QED) is 0.708. The fourth-order valence-electron chi connectivity index (χ4n) is 1.89. The van der Waals surface area contributed by atoms with E-state index in [1.54, 1.807) is 0 Å². The van der Waals surface area contributed by atoms with Crippen molar-refractivity contribution >= 4 is 11.7 Å². The smallest absolute Gasteiger partial charge is 0.338 e. The van der Waals surface area contributed by atoms with Gasteiger partial charge >= 0.3 is 5.97 Å². The highest BCUT2D eigenvalue weighted by atomic mass is 16.5. The third-order valence-corrected chi connectivity index (χ3v) is 2.80. The van der Waals surface area contributed by atoms with Crippen LogP contribution in [-0.4, -0.2) is 19.1 Å². The SMILES string of the molecule is CCN(CC)c1ccc2c(c1)C(=O)OC2. The Morgan fingerprint density at radius 1 is 1.33 bits per heavy atom.